The summed E-state index contributed by atoms with van der Waals surface area (Å²) in [6.07, 6.45) is 4.27. The van der Waals surface area contributed by atoms with Gasteiger partial charge in [0.25, 0.3) is 5.91 Å². The highest BCUT2D eigenvalue weighted by atomic mass is 19.1. The molecule has 0 spiro atoms. The van der Waals surface area contributed by atoms with E-state index in [1.807, 2.05) is 0 Å². The third-order valence-electron chi connectivity index (χ3n) is 4.32. The molecule has 0 aliphatic heterocycles. The summed E-state index contributed by atoms with van der Waals surface area (Å²) >= 11 is 0. The van der Waals surface area contributed by atoms with Crippen molar-refractivity contribution in [2.45, 2.75) is 44.6 Å². The van der Waals surface area contributed by atoms with Crippen LogP contribution in [-0.2, 0) is 0 Å². The average Bonchev–Trinajstić information content (AvgIpc) is 2.45. The lowest BCUT2D eigenvalue weighted by Crippen LogP contribution is -2.45. The largest absolute Gasteiger partial charge is 0.388 e. The van der Waals surface area contributed by atoms with Crippen LogP contribution in [0.2, 0.25) is 0 Å². The maximum Gasteiger partial charge on any atom is 0.251 e. The Morgan fingerprint density at radius 3 is 2.38 bits per heavy atom. The number of amides is 1. The number of halogens is 2. The molecule has 0 unspecified atom stereocenters. The van der Waals surface area contributed by atoms with E-state index >= 15 is 0 Å². The summed E-state index contributed by atoms with van der Waals surface area (Å²) in [5.74, 6) is -1.51. The van der Waals surface area contributed by atoms with Crippen LogP contribution in [0.15, 0.2) is 18.2 Å². The number of nitrogens with one attached hydrogen (secondary N) is 1. The third kappa shape index (κ3) is 4.24. The van der Waals surface area contributed by atoms with Gasteiger partial charge in [-0.3, -0.25) is 4.79 Å². The molecule has 1 saturated carbocycles. The van der Waals surface area contributed by atoms with E-state index < -0.39 is 23.1 Å². The van der Waals surface area contributed by atoms with Crippen LogP contribution >= 0.6 is 0 Å². The smallest absolute Gasteiger partial charge is 0.251 e. The molecule has 5 heteroatoms. The topological polar surface area (TPSA) is 49.3 Å². The van der Waals surface area contributed by atoms with Crippen molar-refractivity contribution in [2.24, 2.45) is 5.92 Å². The Morgan fingerprint density at radius 1 is 1.29 bits per heavy atom. The van der Waals surface area contributed by atoms with Crippen LogP contribution in [-0.4, -0.2) is 23.2 Å². The fourth-order valence-corrected chi connectivity index (χ4v) is 2.83. The Morgan fingerprint density at radius 2 is 1.86 bits per heavy atom. The van der Waals surface area contributed by atoms with Gasteiger partial charge in [-0.25, -0.2) is 8.78 Å². The van der Waals surface area contributed by atoms with Crippen LogP contribution in [0.25, 0.3) is 0 Å². The summed E-state index contributed by atoms with van der Waals surface area (Å²) in [6, 6.07) is 2.68. The van der Waals surface area contributed by atoms with Crippen LogP contribution in [0.3, 0.4) is 0 Å². The molecule has 1 aromatic rings. The van der Waals surface area contributed by atoms with Gasteiger partial charge in [0.2, 0.25) is 0 Å². The molecule has 1 fully saturated rings. The zero-order valence-corrected chi connectivity index (χ0v) is 12.2. The summed E-state index contributed by atoms with van der Waals surface area (Å²) in [6.45, 7) is 2.25. The van der Waals surface area contributed by atoms with Crippen LogP contribution in [0.4, 0.5) is 8.78 Å². The Labute approximate surface area is 123 Å². The van der Waals surface area contributed by atoms with Gasteiger partial charge in [-0.15, -0.1) is 0 Å². The average molecular weight is 297 g/mol. The highest BCUT2D eigenvalue weighted by molar-refractivity contribution is 5.94. The van der Waals surface area contributed by atoms with Gasteiger partial charge >= 0.3 is 0 Å². The van der Waals surface area contributed by atoms with Gasteiger partial charge in [0, 0.05) is 18.2 Å². The highest BCUT2D eigenvalue weighted by Crippen LogP contribution is 2.33. The molecule has 1 aliphatic rings. The van der Waals surface area contributed by atoms with Crippen molar-refractivity contribution in [2.75, 3.05) is 6.54 Å². The molecule has 0 atom stereocenters. The maximum absolute atomic E-state index is 13.1. The fourth-order valence-electron chi connectivity index (χ4n) is 2.83. The first-order valence-corrected chi connectivity index (χ1v) is 7.38. The van der Waals surface area contributed by atoms with Gasteiger partial charge in [-0.05, 0) is 43.7 Å². The predicted molar refractivity (Wildman–Crippen MR) is 75.9 cm³/mol. The molecule has 2 N–H and O–H groups in total. The molecule has 21 heavy (non-hydrogen) atoms. The summed E-state index contributed by atoms with van der Waals surface area (Å²) in [5.41, 5.74) is -0.981. The summed E-state index contributed by atoms with van der Waals surface area (Å²) in [5, 5.41) is 13.0. The summed E-state index contributed by atoms with van der Waals surface area (Å²) in [7, 11) is 0. The van der Waals surface area contributed by atoms with E-state index in [2.05, 4.69) is 12.2 Å². The molecule has 116 valence electrons. The van der Waals surface area contributed by atoms with Gasteiger partial charge in [-0.1, -0.05) is 13.3 Å². The van der Waals surface area contributed by atoms with Crippen LogP contribution in [0, 0.1) is 17.6 Å². The Kier molecular flexibility index (Phi) is 4.93. The van der Waals surface area contributed by atoms with Gasteiger partial charge in [-0.2, -0.15) is 0 Å². The molecule has 3 nitrogen and oxygen atoms in total. The highest BCUT2D eigenvalue weighted by Gasteiger charge is 2.32. The van der Waals surface area contributed by atoms with E-state index in [1.165, 1.54) is 0 Å². The molecule has 0 aromatic heterocycles. The van der Waals surface area contributed by atoms with Crippen molar-refractivity contribution >= 4 is 5.91 Å². The lowest BCUT2D eigenvalue weighted by molar-refractivity contribution is -0.00786. The zero-order chi connectivity index (χ0) is 15.5. The monoisotopic (exact) mass is 297 g/mol. The normalized spacial score (nSPS) is 25.6. The molecule has 0 bridgehead atoms. The Bertz CT molecular complexity index is 491. The second kappa shape index (κ2) is 6.52. The number of rotatable bonds is 4. The van der Waals surface area contributed by atoms with E-state index in [0.717, 1.165) is 37.5 Å². The quantitative estimate of drug-likeness (QED) is 0.897. The number of carbonyl (C=O) groups excluding carboxylic acids is 1. The fraction of sp³-hybridized carbons (Fsp3) is 0.562. The molecule has 0 saturated heterocycles. The van der Waals surface area contributed by atoms with Crippen molar-refractivity contribution in [3.63, 3.8) is 0 Å². The first kappa shape index (κ1) is 15.9. The van der Waals surface area contributed by atoms with Crippen molar-refractivity contribution in [1.29, 1.82) is 0 Å². The SMILES string of the molecule is CCC1CCC(O)(CNC(=O)c2cc(F)cc(F)c2)CC1. The Balaban J connectivity index is 1.92. The number of hydrogen-bond acceptors (Lipinski definition) is 2. The van der Waals surface area contributed by atoms with E-state index in [1.54, 1.807) is 0 Å². The molecule has 2 rings (SSSR count). The van der Waals surface area contributed by atoms with Crippen LogP contribution in [0.5, 0.6) is 0 Å². The zero-order valence-electron chi connectivity index (χ0n) is 12.2. The Hall–Kier alpha value is -1.49. The van der Waals surface area contributed by atoms with Crippen molar-refractivity contribution in [3.05, 3.63) is 35.4 Å². The lowest BCUT2D eigenvalue weighted by Gasteiger charge is -2.35. The second-order valence-corrected chi connectivity index (χ2v) is 5.92. The maximum atomic E-state index is 13.1. The standard InChI is InChI=1S/C16H21F2NO2/c1-2-11-3-5-16(21,6-4-11)10-19-15(20)12-7-13(17)9-14(18)8-12/h7-9,11,21H,2-6,10H2,1H3,(H,19,20). The van der Waals surface area contributed by atoms with Crippen molar-refractivity contribution < 1.29 is 18.7 Å². The number of benzene rings is 1. The number of hydrogen-bond donors (Lipinski definition) is 2. The number of aliphatic hydroxyl groups is 1. The van der Waals surface area contributed by atoms with Crippen molar-refractivity contribution in [1.82, 2.24) is 5.32 Å². The van der Waals surface area contributed by atoms with Gasteiger partial charge < -0.3 is 10.4 Å². The van der Waals surface area contributed by atoms with E-state index in [9.17, 15) is 18.7 Å². The minimum absolute atomic E-state index is 0.0710. The number of carbonyl (C=O) groups is 1. The van der Waals surface area contributed by atoms with E-state index in [0.29, 0.717) is 18.8 Å². The molecular weight excluding hydrogens is 276 g/mol. The first-order valence-electron chi connectivity index (χ1n) is 7.38. The third-order valence-corrected chi connectivity index (χ3v) is 4.32. The molecular formula is C16H21F2NO2. The van der Waals surface area contributed by atoms with E-state index in [-0.39, 0.29) is 12.1 Å². The molecule has 1 aliphatic carbocycles. The van der Waals surface area contributed by atoms with Gasteiger partial charge in [0.1, 0.15) is 11.6 Å². The summed E-state index contributed by atoms with van der Waals surface area (Å²) < 4.78 is 26.1. The lowest BCUT2D eigenvalue weighted by atomic mass is 9.78. The van der Waals surface area contributed by atoms with Crippen molar-refractivity contribution in [3.8, 4) is 0 Å². The molecule has 1 amide bonds. The summed E-state index contributed by atoms with van der Waals surface area (Å²) in [4.78, 5) is 11.9. The molecule has 0 radical (unpaired) electrons. The first-order chi connectivity index (χ1) is 9.92. The minimum Gasteiger partial charge on any atom is -0.388 e. The van der Waals surface area contributed by atoms with Gasteiger partial charge in [0.05, 0.1) is 5.60 Å². The second-order valence-electron chi connectivity index (χ2n) is 5.92. The molecule has 1 aromatic carbocycles. The molecule has 0 heterocycles. The minimum atomic E-state index is -0.910. The van der Waals surface area contributed by atoms with Crippen LogP contribution < -0.4 is 5.32 Å². The van der Waals surface area contributed by atoms with Crippen LogP contribution in [0.1, 0.15) is 49.4 Å². The van der Waals surface area contributed by atoms with E-state index in [4.69, 9.17) is 0 Å². The predicted octanol–water partition coefficient (Wildman–Crippen LogP) is 3.03. The van der Waals surface area contributed by atoms with Gasteiger partial charge in [0.15, 0.2) is 0 Å².